The van der Waals surface area contributed by atoms with Gasteiger partial charge in [0.05, 0.1) is 0 Å². The smallest absolute Gasteiger partial charge is 0.402 e. The minimum Gasteiger partial charge on any atom is -0.465 e. The van der Waals surface area contributed by atoms with Gasteiger partial charge in [-0.2, -0.15) is 0 Å². The van der Waals surface area contributed by atoms with E-state index in [4.69, 9.17) is 29.7 Å². The van der Waals surface area contributed by atoms with Gasteiger partial charge in [-0.3, -0.25) is 0 Å². The van der Waals surface area contributed by atoms with Crippen LogP contribution in [0.2, 0.25) is 0 Å². The van der Waals surface area contributed by atoms with Gasteiger partial charge in [-0.25, -0.2) is 14.4 Å². The number of carbonyl (C=O) groups is 3. The van der Waals surface area contributed by atoms with E-state index in [1.807, 2.05) is 0 Å². The third kappa shape index (κ3) is 257. The van der Waals surface area contributed by atoms with Crippen LogP contribution >= 0.6 is 0 Å². The van der Waals surface area contributed by atoms with E-state index in [0.29, 0.717) is 0 Å². The third-order valence-electron chi connectivity index (χ3n) is 0. The van der Waals surface area contributed by atoms with Crippen LogP contribution < -0.4 is 17.2 Å². The van der Waals surface area contributed by atoms with Gasteiger partial charge in [0.2, 0.25) is 0 Å². The van der Waals surface area contributed by atoms with E-state index in [9.17, 15) is 0 Å². The Labute approximate surface area is 83.0 Å². The SMILES string of the molecule is NC(=O)O.NC(=O)O.NC(=O)O.[Fe]. The zero-order chi connectivity index (χ0) is 10.7. The van der Waals surface area contributed by atoms with E-state index in [0.717, 1.165) is 0 Å². The van der Waals surface area contributed by atoms with Crippen LogP contribution in [0.4, 0.5) is 14.4 Å². The summed E-state index contributed by atoms with van der Waals surface area (Å²) in [6.45, 7) is 0. The van der Waals surface area contributed by atoms with Crippen LogP contribution in [0, 0.1) is 0 Å². The second-order valence-electron chi connectivity index (χ2n) is 1.01. The topological polar surface area (TPSA) is 190 Å². The Balaban J connectivity index is -0.0000000450. The van der Waals surface area contributed by atoms with E-state index in [1.165, 1.54) is 0 Å². The first-order valence-electron chi connectivity index (χ1n) is 2.15. The van der Waals surface area contributed by atoms with Gasteiger partial charge in [0.1, 0.15) is 0 Å². The van der Waals surface area contributed by atoms with Crippen molar-refractivity contribution < 1.29 is 46.8 Å². The van der Waals surface area contributed by atoms with E-state index >= 15 is 0 Å². The summed E-state index contributed by atoms with van der Waals surface area (Å²) in [7, 11) is 0. The van der Waals surface area contributed by atoms with Gasteiger partial charge in [0.15, 0.2) is 0 Å². The molecule has 0 aromatic rings. The minimum atomic E-state index is -1.33. The van der Waals surface area contributed by atoms with Crippen molar-refractivity contribution in [3.05, 3.63) is 0 Å². The Morgan fingerprint density at radius 3 is 0.692 bits per heavy atom. The number of rotatable bonds is 0. The predicted octanol–water partition coefficient (Wildman–Crippen LogP) is -1.13. The van der Waals surface area contributed by atoms with E-state index in [1.54, 1.807) is 0 Å². The van der Waals surface area contributed by atoms with E-state index in [-0.39, 0.29) is 17.1 Å². The molecule has 9 nitrogen and oxygen atoms in total. The molecule has 0 saturated heterocycles. The summed E-state index contributed by atoms with van der Waals surface area (Å²) in [6.07, 6.45) is -4.00. The molecular formula is C3H9FeN3O6. The molecule has 13 heavy (non-hydrogen) atoms. The van der Waals surface area contributed by atoms with Crippen LogP contribution in [0.1, 0.15) is 0 Å². The molecule has 0 aliphatic heterocycles. The first-order valence-corrected chi connectivity index (χ1v) is 2.15. The second kappa shape index (κ2) is 16.7. The zero-order valence-corrected chi connectivity index (χ0v) is 7.26. The molecule has 3 amide bonds. The standard InChI is InChI=1S/3CH3NO2.Fe/c3*2-1(3)4;/h3*2H2,(H,3,4);. The van der Waals surface area contributed by atoms with Gasteiger partial charge in [-0.15, -0.1) is 0 Å². The summed E-state index contributed by atoms with van der Waals surface area (Å²) in [5.74, 6) is 0. The largest absolute Gasteiger partial charge is 0.465 e. The van der Waals surface area contributed by atoms with Crippen LogP contribution in [0.15, 0.2) is 0 Å². The van der Waals surface area contributed by atoms with Crippen LogP contribution in [0.3, 0.4) is 0 Å². The maximum absolute atomic E-state index is 8.78. The van der Waals surface area contributed by atoms with Gasteiger partial charge < -0.3 is 32.5 Å². The molecule has 10 heteroatoms. The molecule has 0 rings (SSSR count). The van der Waals surface area contributed by atoms with Crippen LogP contribution in [-0.2, 0) is 17.1 Å². The number of carboxylic acid groups (broad SMARTS) is 3. The minimum absolute atomic E-state index is 0. The molecule has 0 radical (unpaired) electrons. The van der Waals surface area contributed by atoms with E-state index < -0.39 is 18.3 Å². The van der Waals surface area contributed by atoms with Crippen molar-refractivity contribution in [2.24, 2.45) is 17.2 Å². The van der Waals surface area contributed by atoms with Crippen molar-refractivity contribution in [2.45, 2.75) is 0 Å². The molecule has 0 aromatic carbocycles. The molecule has 0 unspecified atom stereocenters. The second-order valence-corrected chi connectivity index (χ2v) is 1.01. The van der Waals surface area contributed by atoms with Gasteiger partial charge in [-0.05, 0) is 0 Å². The Morgan fingerprint density at radius 2 is 0.692 bits per heavy atom. The first kappa shape index (κ1) is 22.5. The Morgan fingerprint density at radius 1 is 0.692 bits per heavy atom. The fourth-order valence-electron chi connectivity index (χ4n) is 0. The summed E-state index contributed by atoms with van der Waals surface area (Å²) >= 11 is 0. The molecule has 0 spiro atoms. The molecule has 0 fully saturated rings. The average Bonchev–Trinajstić information content (AvgIpc) is 1.54. The van der Waals surface area contributed by atoms with Crippen molar-refractivity contribution in [3.8, 4) is 0 Å². The molecule has 0 aromatic heterocycles. The quantitative estimate of drug-likeness (QED) is 0.289. The van der Waals surface area contributed by atoms with Crippen molar-refractivity contribution in [3.63, 3.8) is 0 Å². The summed E-state index contributed by atoms with van der Waals surface area (Å²) in [6, 6.07) is 0. The third-order valence-corrected chi connectivity index (χ3v) is 0. The Bertz CT molecular complexity index is 121. The number of hydrogen-bond donors (Lipinski definition) is 6. The molecule has 0 saturated carbocycles. The summed E-state index contributed by atoms with van der Waals surface area (Å²) < 4.78 is 0. The fraction of sp³-hybridized carbons (Fsp3) is 0. The number of amides is 3. The monoisotopic (exact) mass is 239 g/mol. The number of hydrogen-bond acceptors (Lipinski definition) is 3. The molecule has 0 aliphatic rings. The number of nitrogens with two attached hydrogens (primary N) is 3. The Hall–Kier alpha value is -1.67. The molecule has 0 atom stereocenters. The van der Waals surface area contributed by atoms with Gasteiger partial charge >= 0.3 is 18.3 Å². The Kier molecular flexibility index (Phi) is 29.0. The van der Waals surface area contributed by atoms with Crippen LogP contribution in [-0.4, -0.2) is 33.6 Å². The van der Waals surface area contributed by atoms with Crippen LogP contribution in [0.5, 0.6) is 0 Å². The molecule has 0 aliphatic carbocycles. The summed E-state index contributed by atoms with van der Waals surface area (Å²) in [5, 5.41) is 21.6. The fourth-order valence-corrected chi connectivity index (χ4v) is 0. The van der Waals surface area contributed by atoms with Crippen molar-refractivity contribution >= 4 is 18.3 Å². The molecule has 80 valence electrons. The zero-order valence-electron chi connectivity index (χ0n) is 6.15. The predicted molar refractivity (Wildman–Crippen MR) is 36.6 cm³/mol. The maximum atomic E-state index is 8.78. The van der Waals surface area contributed by atoms with Crippen LogP contribution in [0.25, 0.3) is 0 Å². The molecule has 0 heterocycles. The van der Waals surface area contributed by atoms with Crippen molar-refractivity contribution in [1.29, 1.82) is 0 Å². The molecule has 0 bridgehead atoms. The maximum Gasteiger partial charge on any atom is 0.402 e. The van der Waals surface area contributed by atoms with Gasteiger partial charge in [-0.1, -0.05) is 0 Å². The average molecular weight is 239 g/mol. The van der Waals surface area contributed by atoms with Crippen molar-refractivity contribution in [1.82, 2.24) is 0 Å². The summed E-state index contributed by atoms with van der Waals surface area (Å²) in [5.41, 5.74) is 12.1. The molecule has 9 N–H and O–H groups in total. The van der Waals surface area contributed by atoms with Crippen molar-refractivity contribution in [2.75, 3.05) is 0 Å². The van der Waals surface area contributed by atoms with Gasteiger partial charge in [0.25, 0.3) is 0 Å². The first-order chi connectivity index (χ1) is 5.20. The number of primary amides is 3. The molecular weight excluding hydrogens is 230 g/mol. The van der Waals surface area contributed by atoms with Gasteiger partial charge in [0, 0.05) is 17.1 Å². The normalized spacial score (nSPS) is 5.54. The summed E-state index contributed by atoms with van der Waals surface area (Å²) in [4.78, 5) is 26.3. The van der Waals surface area contributed by atoms with E-state index in [2.05, 4.69) is 17.2 Å².